The van der Waals surface area contributed by atoms with Gasteiger partial charge in [-0.3, -0.25) is 14.7 Å². The van der Waals surface area contributed by atoms with E-state index < -0.39 is 11.3 Å². The van der Waals surface area contributed by atoms with Crippen molar-refractivity contribution < 1.29 is 9.59 Å². The quantitative estimate of drug-likeness (QED) is 0.910. The molecule has 140 valence electrons. The second kappa shape index (κ2) is 5.74. The second-order valence-corrected chi connectivity index (χ2v) is 7.41. The summed E-state index contributed by atoms with van der Waals surface area (Å²) in [5, 5.41) is 3.18. The van der Waals surface area contributed by atoms with Crippen LogP contribution in [0, 0.1) is 0 Å². The van der Waals surface area contributed by atoms with Crippen molar-refractivity contribution in [2.24, 2.45) is 0 Å². The van der Waals surface area contributed by atoms with Crippen LogP contribution in [0.1, 0.15) is 25.0 Å². The number of fused-ring (bicyclic) bond motifs is 1. The molecule has 2 heterocycles. The van der Waals surface area contributed by atoms with Gasteiger partial charge in [-0.2, -0.15) is 0 Å². The van der Waals surface area contributed by atoms with Gasteiger partial charge in [0.2, 0.25) is 0 Å². The fourth-order valence-corrected chi connectivity index (χ4v) is 4.82. The molecule has 2 aromatic carbocycles. The summed E-state index contributed by atoms with van der Waals surface area (Å²) in [7, 11) is 3.52. The van der Waals surface area contributed by atoms with E-state index in [0.717, 1.165) is 11.1 Å². The Kier molecular flexibility index (Phi) is 3.70. The van der Waals surface area contributed by atoms with E-state index in [2.05, 4.69) is 5.32 Å². The number of rotatable bonds is 3. The van der Waals surface area contributed by atoms with Crippen LogP contribution in [0.4, 0.5) is 9.59 Å². The number of hydrogen-bond acceptors (Lipinski definition) is 2. The fourth-order valence-electron chi connectivity index (χ4n) is 4.82. The average Bonchev–Trinajstić information content (AvgIpc) is 3.05. The number of hydrogen-bond donors (Lipinski definition) is 1. The minimum Gasteiger partial charge on any atom is -0.307 e. The van der Waals surface area contributed by atoms with E-state index in [1.807, 2.05) is 74.5 Å². The summed E-state index contributed by atoms with van der Waals surface area (Å²) in [5.41, 5.74) is -0.290. The topological polar surface area (TPSA) is 55.9 Å². The number of nitrogens with one attached hydrogen (secondary N) is 1. The molecule has 6 heteroatoms. The number of likely N-dealkylation sites (N-methyl/N-ethyl adjacent to an activating group) is 2. The molecule has 4 amide bonds. The van der Waals surface area contributed by atoms with Crippen molar-refractivity contribution in [1.82, 2.24) is 20.0 Å². The fraction of sp³-hybridized carbons (Fsp3) is 0.333. The Labute approximate surface area is 159 Å². The smallest absolute Gasteiger partial charge is 0.307 e. The van der Waals surface area contributed by atoms with E-state index >= 15 is 0 Å². The van der Waals surface area contributed by atoms with Crippen LogP contribution in [0.15, 0.2) is 60.7 Å². The number of carbonyl (C=O) groups excluding carboxylic acids is 2. The molecule has 4 rings (SSSR count). The van der Waals surface area contributed by atoms with Crippen molar-refractivity contribution in [3.05, 3.63) is 71.8 Å². The van der Waals surface area contributed by atoms with Gasteiger partial charge in [-0.05, 0) is 13.8 Å². The van der Waals surface area contributed by atoms with Crippen LogP contribution in [0.5, 0.6) is 0 Å². The molecule has 2 atom stereocenters. The first-order valence-corrected chi connectivity index (χ1v) is 9.13. The van der Waals surface area contributed by atoms with Crippen molar-refractivity contribution in [3.8, 4) is 0 Å². The van der Waals surface area contributed by atoms with Crippen LogP contribution in [0.25, 0.3) is 0 Å². The molecule has 0 aliphatic carbocycles. The van der Waals surface area contributed by atoms with Gasteiger partial charge in [-0.15, -0.1) is 0 Å². The Morgan fingerprint density at radius 1 is 0.815 bits per heavy atom. The van der Waals surface area contributed by atoms with Crippen molar-refractivity contribution in [3.63, 3.8) is 0 Å². The van der Waals surface area contributed by atoms with E-state index in [4.69, 9.17) is 0 Å². The highest BCUT2D eigenvalue weighted by atomic mass is 16.2. The van der Waals surface area contributed by atoms with Gasteiger partial charge in [0.15, 0.2) is 11.3 Å². The van der Waals surface area contributed by atoms with Crippen LogP contribution < -0.4 is 5.32 Å². The lowest BCUT2D eigenvalue weighted by atomic mass is 9.80. The summed E-state index contributed by atoms with van der Waals surface area (Å²) in [6.45, 7) is 3.95. The summed E-state index contributed by atoms with van der Waals surface area (Å²) in [4.78, 5) is 31.6. The molecule has 2 aromatic rings. The highest BCUT2D eigenvalue weighted by molar-refractivity contribution is 5.89. The van der Waals surface area contributed by atoms with Crippen molar-refractivity contribution >= 4 is 12.1 Å². The van der Waals surface area contributed by atoms with Gasteiger partial charge in [-0.1, -0.05) is 60.7 Å². The van der Waals surface area contributed by atoms with Crippen LogP contribution >= 0.6 is 0 Å². The van der Waals surface area contributed by atoms with Gasteiger partial charge >= 0.3 is 12.1 Å². The predicted octanol–water partition coefficient (Wildman–Crippen LogP) is 3.12. The Balaban J connectivity index is 2.14. The molecule has 0 radical (unpaired) electrons. The zero-order valence-corrected chi connectivity index (χ0v) is 16.0. The molecule has 2 fully saturated rings. The highest BCUT2D eigenvalue weighted by Crippen LogP contribution is 2.57. The van der Waals surface area contributed by atoms with Gasteiger partial charge < -0.3 is 5.32 Å². The van der Waals surface area contributed by atoms with Crippen LogP contribution in [0.2, 0.25) is 0 Å². The third-order valence-corrected chi connectivity index (χ3v) is 5.81. The molecular formula is C21H24N4O2. The molecule has 2 saturated heterocycles. The van der Waals surface area contributed by atoms with Crippen LogP contribution in [-0.2, 0) is 11.3 Å². The lowest BCUT2D eigenvalue weighted by Gasteiger charge is -2.48. The Morgan fingerprint density at radius 2 is 1.33 bits per heavy atom. The molecule has 0 bridgehead atoms. The largest absolute Gasteiger partial charge is 0.324 e. The summed E-state index contributed by atoms with van der Waals surface area (Å²) in [6, 6.07) is 19.1. The maximum Gasteiger partial charge on any atom is 0.324 e. The SMILES string of the molecule is CC(C)N1C(=O)N[C@]2(c3ccccc3)N(C)C(=O)N(C)[C@]12c1ccccc1. The molecule has 1 N–H and O–H groups in total. The monoisotopic (exact) mass is 364 g/mol. The Bertz CT molecular complexity index is 886. The van der Waals surface area contributed by atoms with E-state index in [9.17, 15) is 9.59 Å². The molecular weight excluding hydrogens is 340 g/mol. The first kappa shape index (κ1) is 17.4. The van der Waals surface area contributed by atoms with E-state index in [1.54, 1.807) is 28.8 Å². The predicted molar refractivity (Wildman–Crippen MR) is 103 cm³/mol. The maximum absolute atomic E-state index is 13.2. The Morgan fingerprint density at radius 3 is 1.85 bits per heavy atom. The number of urea groups is 2. The standard InChI is InChI=1S/C21H24N4O2/c1-15(2)25-18(26)22-20(16-11-7-5-8-12-16)21(25,17-13-9-6-10-14-17)24(4)19(27)23(20)3/h5-15H,1-4H3,(H,22,26)/t20-,21-/m1/s1. The van der Waals surface area contributed by atoms with Crippen molar-refractivity contribution in [1.29, 1.82) is 0 Å². The number of amides is 4. The summed E-state index contributed by atoms with van der Waals surface area (Å²) in [5.74, 6) is 0. The van der Waals surface area contributed by atoms with Crippen molar-refractivity contribution in [2.75, 3.05) is 14.1 Å². The summed E-state index contributed by atoms with van der Waals surface area (Å²) >= 11 is 0. The van der Waals surface area contributed by atoms with E-state index in [-0.39, 0.29) is 18.1 Å². The zero-order chi connectivity index (χ0) is 19.4. The molecule has 2 aliphatic rings. The molecule has 0 aromatic heterocycles. The molecule has 0 spiro atoms. The highest BCUT2D eigenvalue weighted by Gasteiger charge is 2.75. The van der Waals surface area contributed by atoms with Crippen LogP contribution in [-0.4, -0.2) is 46.9 Å². The van der Waals surface area contributed by atoms with Gasteiger partial charge in [0.1, 0.15) is 0 Å². The van der Waals surface area contributed by atoms with Gasteiger partial charge in [-0.25, -0.2) is 9.59 Å². The number of benzene rings is 2. The third-order valence-electron chi connectivity index (χ3n) is 5.81. The third kappa shape index (κ3) is 1.90. The summed E-state index contributed by atoms with van der Waals surface area (Å²) < 4.78 is 0. The minimum atomic E-state index is -1.04. The molecule has 0 saturated carbocycles. The first-order valence-electron chi connectivity index (χ1n) is 9.13. The van der Waals surface area contributed by atoms with E-state index in [1.165, 1.54) is 0 Å². The van der Waals surface area contributed by atoms with Gasteiger partial charge in [0, 0.05) is 31.3 Å². The maximum atomic E-state index is 13.2. The zero-order valence-electron chi connectivity index (χ0n) is 16.0. The summed E-state index contributed by atoms with van der Waals surface area (Å²) in [6.07, 6.45) is 0. The number of carbonyl (C=O) groups is 2. The molecule has 2 aliphatic heterocycles. The van der Waals surface area contributed by atoms with Crippen LogP contribution in [0.3, 0.4) is 0 Å². The van der Waals surface area contributed by atoms with Crippen molar-refractivity contribution in [2.45, 2.75) is 31.2 Å². The second-order valence-electron chi connectivity index (χ2n) is 7.41. The molecule has 0 unspecified atom stereocenters. The average molecular weight is 364 g/mol. The minimum absolute atomic E-state index is 0.113. The first-order chi connectivity index (χ1) is 12.9. The molecule has 27 heavy (non-hydrogen) atoms. The van der Waals surface area contributed by atoms with Gasteiger partial charge in [0.05, 0.1) is 0 Å². The molecule has 6 nitrogen and oxygen atoms in total. The van der Waals surface area contributed by atoms with E-state index in [0.29, 0.717) is 0 Å². The lowest BCUT2D eigenvalue weighted by Crippen LogP contribution is -2.63. The Hall–Kier alpha value is -3.02. The lowest BCUT2D eigenvalue weighted by molar-refractivity contribution is -0.0350. The normalized spacial score (nSPS) is 27.4. The number of nitrogens with zero attached hydrogens (tertiary/aromatic N) is 3. The van der Waals surface area contributed by atoms with Gasteiger partial charge in [0.25, 0.3) is 0 Å².